The molecular formula is C22H18ClN3O5S. The number of benzene rings is 2. The van der Waals surface area contributed by atoms with Gasteiger partial charge in [0.15, 0.2) is 11.5 Å². The van der Waals surface area contributed by atoms with E-state index in [9.17, 15) is 14.4 Å². The molecule has 10 heteroatoms. The molecule has 0 fully saturated rings. The monoisotopic (exact) mass is 471 g/mol. The van der Waals surface area contributed by atoms with Crippen LogP contribution in [0.25, 0.3) is 0 Å². The molecule has 3 aromatic rings. The highest BCUT2D eigenvalue weighted by Gasteiger charge is 2.14. The lowest BCUT2D eigenvalue weighted by atomic mass is 10.2. The number of rotatable bonds is 8. The summed E-state index contributed by atoms with van der Waals surface area (Å²) >= 11 is 7.23. The predicted molar refractivity (Wildman–Crippen MR) is 122 cm³/mol. The van der Waals surface area contributed by atoms with Crippen LogP contribution in [0.5, 0.6) is 11.5 Å². The molecule has 8 nitrogen and oxygen atoms in total. The van der Waals surface area contributed by atoms with E-state index in [0.717, 1.165) is 0 Å². The first kappa shape index (κ1) is 23.0. The van der Waals surface area contributed by atoms with Gasteiger partial charge in [0, 0.05) is 0 Å². The van der Waals surface area contributed by atoms with E-state index in [0.29, 0.717) is 21.2 Å². The van der Waals surface area contributed by atoms with Crippen LogP contribution in [0.15, 0.2) is 65.1 Å². The van der Waals surface area contributed by atoms with Crippen LogP contribution in [0.3, 0.4) is 0 Å². The van der Waals surface area contributed by atoms with E-state index in [1.807, 2.05) is 0 Å². The fraction of sp³-hybridized carbons (Fsp3) is 0.0909. The van der Waals surface area contributed by atoms with Crippen molar-refractivity contribution in [2.24, 2.45) is 5.10 Å². The van der Waals surface area contributed by atoms with Crippen LogP contribution in [-0.2, 0) is 4.79 Å². The van der Waals surface area contributed by atoms with Crippen molar-refractivity contribution in [3.8, 4) is 11.5 Å². The van der Waals surface area contributed by atoms with Crippen molar-refractivity contribution in [1.82, 2.24) is 10.7 Å². The highest BCUT2D eigenvalue weighted by molar-refractivity contribution is 7.12. The first-order valence-electron chi connectivity index (χ1n) is 9.26. The number of ether oxygens (including phenoxy) is 2. The highest BCUT2D eigenvalue weighted by Crippen LogP contribution is 2.28. The molecule has 0 aliphatic rings. The molecule has 2 amide bonds. The summed E-state index contributed by atoms with van der Waals surface area (Å²) in [5.41, 5.74) is 3.18. The van der Waals surface area contributed by atoms with Crippen LogP contribution >= 0.6 is 22.9 Å². The summed E-state index contributed by atoms with van der Waals surface area (Å²) in [6.07, 6.45) is 1.39. The molecule has 3 rings (SSSR count). The van der Waals surface area contributed by atoms with E-state index >= 15 is 0 Å². The van der Waals surface area contributed by atoms with Gasteiger partial charge in [0.05, 0.1) is 30.5 Å². The molecule has 1 aromatic heterocycles. The van der Waals surface area contributed by atoms with Gasteiger partial charge < -0.3 is 14.8 Å². The quantitative estimate of drug-likeness (QED) is 0.226. The number of carbonyl (C=O) groups is 3. The van der Waals surface area contributed by atoms with Crippen LogP contribution in [0, 0.1) is 0 Å². The third-order valence-corrected chi connectivity index (χ3v) is 5.22. The molecule has 1 heterocycles. The van der Waals surface area contributed by atoms with Gasteiger partial charge in [-0.2, -0.15) is 5.10 Å². The molecule has 0 bridgehead atoms. The summed E-state index contributed by atoms with van der Waals surface area (Å²) in [5.74, 6) is -0.875. The number of methoxy groups -OCH3 is 1. The summed E-state index contributed by atoms with van der Waals surface area (Å²) < 4.78 is 10.6. The predicted octanol–water partition coefficient (Wildman–Crippen LogP) is 3.51. The lowest BCUT2D eigenvalue weighted by molar-refractivity contribution is -0.120. The molecule has 0 saturated heterocycles. The van der Waals surface area contributed by atoms with Crippen molar-refractivity contribution in [2.75, 3.05) is 13.7 Å². The number of hydrazone groups is 1. The van der Waals surface area contributed by atoms with Gasteiger partial charge >= 0.3 is 5.97 Å². The van der Waals surface area contributed by atoms with Crippen LogP contribution < -0.4 is 20.2 Å². The van der Waals surface area contributed by atoms with Gasteiger partial charge in [-0.1, -0.05) is 29.8 Å². The number of nitrogens with one attached hydrogen (secondary N) is 2. The summed E-state index contributed by atoms with van der Waals surface area (Å²) in [4.78, 5) is 36.6. The average molecular weight is 472 g/mol. The van der Waals surface area contributed by atoms with Gasteiger partial charge in [-0.15, -0.1) is 11.3 Å². The molecule has 2 N–H and O–H groups in total. The van der Waals surface area contributed by atoms with Gasteiger partial charge in [0.1, 0.15) is 4.88 Å². The average Bonchev–Trinajstić information content (AvgIpc) is 3.34. The number of carbonyl (C=O) groups excluding carboxylic acids is 3. The molecule has 0 aliphatic heterocycles. The number of nitrogens with zero attached hydrogens (tertiary/aromatic N) is 1. The first-order valence-corrected chi connectivity index (χ1v) is 10.5. The maximum atomic E-state index is 12.1. The number of halogens is 1. The molecule has 0 aliphatic carbocycles. The molecule has 164 valence electrons. The number of amides is 2. The molecule has 0 atom stereocenters. The minimum Gasteiger partial charge on any atom is -0.493 e. The molecule has 0 radical (unpaired) electrons. The Morgan fingerprint density at radius 3 is 2.62 bits per heavy atom. The van der Waals surface area contributed by atoms with Gasteiger partial charge in [0.2, 0.25) is 0 Å². The molecule has 2 aromatic carbocycles. The smallest absolute Gasteiger partial charge is 0.353 e. The van der Waals surface area contributed by atoms with Crippen LogP contribution in [-0.4, -0.2) is 37.7 Å². The van der Waals surface area contributed by atoms with E-state index in [1.54, 1.807) is 60.0 Å². The second kappa shape index (κ2) is 11.1. The third kappa shape index (κ3) is 6.16. The third-order valence-electron chi connectivity index (χ3n) is 4.04. The van der Waals surface area contributed by atoms with Crippen molar-refractivity contribution in [1.29, 1.82) is 0 Å². The zero-order valence-corrected chi connectivity index (χ0v) is 18.4. The van der Waals surface area contributed by atoms with Gasteiger partial charge in [-0.25, -0.2) is 10.2 Å². The standard InChI is InChI=1S/C22H18ClN3O5S/c1-30-18-11-14(8-9-17(18)31-22(29)19-7-4-10-32-19)12-25-26-20(27)13-24-21(28)15-5-2-3-6-16(15)23/h2-12H,13H2,1H3,(H,24,28)(H,26,27). The molecule has 0 unspecified atom stereocenters. The van der Waals surface area contributed by atoms with E-state index in [2.05, 4.69) is 15.8 Å². The van der Waals surface area contributed by atoms with Crippen molar-refractivity contribution < 1.29 is 23.9 Å². The van der Waals surface area contributed by atoms with Crippen LogP contribution in [0.2, 0.25) is 5.02 Å². The van der Waals surface area contributed by atoms with Gasteiger partial charge in [-0.05, 0) is 47.3 Å². The van der Waals surface area contributed by atoms with E-state index in [1.165, 1.54) is 24.7 Å². The summed E-state index contributed by atoms with van der Waals surface area (Å²) in [5, 5.41) is 8.39. The largest absolute Gasteiger partial charge is 0.493 e. The Hall–Kier alpha value is -3.69. The van der Waals surface area contributed by atoms with Crippen LogP contribution in [0.1, 0.15) is 25.6 Å². The van der Waals surface area contributed by atoms with Gasteiger partial charge in [-0.3, -0.25) is 9.59 Å². The van der Waals surface area contributed by atoms with Gasteiger partial charge in [0.25, 0.3) is 11.8 Å². The molecular weight excluding hydrogens is 454 g/mol. The number of thiophene rings is 1. The number of hydrogen-bond acceptors (Lipinski definition) is 7. The van der Waals surface area contributed by atoms with E-state index in [-0.39, 0.29) is 17.9 Å². The van der Waals surface area contributed by atoms with Crippen molar-refractivity contribution in [2.45, 2.75) is 0 Å². The minimum atomic E-state index is -0.518. The van der Waals surface area contributed by atoms with Crippen molar-refractivity contribution >= 4 is 46.9 Å². The lowest BCUT2D eigenvalue weighted by Gasteiger charge is -2.09. The Labute approximate surface area is 192 Å². The number of esters is 1. The van der Waals surface area contributed by atoms with E-state index in [4.69, 9.17) is 21.1 Å². The molecule has 32 heavy (non-hydrogen) atoms. The second-order valence-corrected chi connectivity index (χ2v) is 7.59. The Morgan fingerprint density at radius 1 is 1.09 bits per heavy atom. The fourth-order valence-corrected chi connectivity index (χ4v) is 3.33. The maximum Gasteiger partial charge on any atom is 0.353 e. The van der Waals surface area contributed by atoms with Crippen molar-refractivity contribution in [3.05, 3.63) is 81.0 Å². The maximum absolute atomic E-state index is 12.1. The Bertz CT molecular complexity index is 1150. The summed E-state index contributed by atoms with van der Waals surface area (Å²) in [6, 6.07) is 14.8. The highest BCUT2D eigenvalue weighted by atomic mass is 35.5. The normalized spacial score (nSPS) is 10.6. The lowest BCUT2D eigenvalue weighted by Crippen LogP contribution is -2.35. The summed E-state index contributed by atoms with van der Waals surface area (Å²) in [6.45, 7) is -0.275. The SMILES string of the molecule is COc1cc(C=NNC(=O)CNC(=O)c2ccccc2Cl)ccc1OC(=O)c1cccs1. The molecule has 0 saturated carbocycles. The minimum absolute atomic E-state index is 0.259. The molecule has 0 spiro atoms. The Morgan fingerprint density at radius 2 is 1.91 bits per heavy atom. The Kier molecular flexibility index (Phi) is 7.96. The Balaban J connectivity index is 1.53. The van der Waals surface area contributed by atoms with Crippen molar-refractivity contribution in [3.63, 3.8) is 0 Å². The first-order chi connectivity index (χ1) is 15.5. The zero-order chi connectivity index (χ0) is 22.9. The topological polar surface area (TPSA) is 106 Å². The fourth-order valence-electron chi connectivity index (χ4n) is 2.51. The summed E-state index contributed by atoms with van der Waals surface area (Å²) in [7, 11) is 1.45. The van der Waals surface area contributed by atoms with E-state index < -0.39 is 17.8 Å². The van der Waals surface area contributed by atoms with Crippen LogP contribution in [0.4, 0.5) is 0 Å². The second-order valence-electron chi connectivity index (χ2n) is 6.23. The number of hydrogen-bond donors (Lipinski definition) is 2. The zero-order valence-electron chi connectivity index (χ0n) is 16.8.